The molecule has 0 spiro atoms. The lowest BCUT2D eigenvalue weighted by atomic mass is 10.1. The van der Waals surface area contributed by atoms with E-state index in [0.717, 1.165) is 61.8 Å². The molecule has 1 aliphatic carbocycles. The molecule has 0 aromatic carbocycles. The summed E-state index contributed by atoms with van der Waals surface area (Å²) in [5.41, 5.74) is 3.53. The fourth-order valence-corrected chi connectivity index (χ4v) is 4.53. The molecular formula is C22H25N7. The number of anilines is 2. The van der Waals surface area contributed by atoms with Crippen LogP contribution in [-0.2, 0) is 12.8 Å². The Balaban J connectivity index is 1.44. The van der Waals surface area contributed by atoms with Gasteiger partial charge in [-0.2, -0.15) is 5.10 Å². The van der Waals surface area contributed by atoms with Crippen LogP contribution in [0.3, 0.4) is 0 Å². The average Bonchev–Trinajstić information content (AvgIpc) is 3.43. The Bertz CT molecular complexity index is 977. The van der Waals surface area contributed by atoms with Crippen LogP contribution in [0.4, 0.5) is 11.6 Å². The Labute approximate surface area is 170 Å². The highest BCUT2D eigenvalue weighted by molar-refractivity contribution is 5.61. The van der Waals surface area contributed by atoms with Gasteiger partial charge in [-0.1, -0.05) is 0 Å². The molecule has 7 nitrogen and oxygen atoms in total. The van der Waals surface area contributed by atoms with Crippen molar-refractivity contribution < 1.29 is 0 Å². The van der Waals surface area contributed by atoms with Crippen molar-refractivity contribution in [3.05, 3.63) is 54.1 Å². The van der Waals surface area contributed by atoms with Crippen LogP contribution in [-0.4, -0.2) is 51.3 Å². The van der Waals surface area contributed by atoms with E-state index in [1.165, 1.54) is 17.7 Å². The van der Waals surface area contributed by atoms with Crippen molar-refractivity contribution in [1.82, 2.24) is 25.1 Å². The molecular weight excluding hydrogens is 362 g/mol. The highest BCUT2D eigenvalue weighted by Gasteiger charge is 2.29. The van der Waals surface area contributed by atoms with Crippen LogP contribution in [0.5, 0.6) is 0 Å². The minimum atomic E-state index is 0.410. The van der Waals surface area contributed by atoms with Gasteiger partial charge in [0.05, 0.1) is 0 Å². The number of likely N-dealkylation sites (N-methyl/N-ethyl adjacent to an activating group) is 1. The van der Waals surface area contributed by atoms with Gasteiger partial charge in [0.1, 0.15) is 5.82 Å². The van der Waals surface area contributed by atoms with Crippen molar-refractivity contribution in [3.63, 3.8) is 0 Å². The molecule has 5 rings (SSSR count). The summed E-state index contributed by atoms with van der Waals surface area (Å²) >= 11 is 0. The molecule has 7 heteroatoms. The highest BCUT2D eigenvalue weighted by atomic mass is 15.3. The van der Waals surface area contributed by atoms with Crippen molar-refractivity contribution in [2.75, 3.05) is 29.9 Å². The molecule has 1 fully saturated rings. The van der Waals surface area contributed by atoms with E-state index in [1.807, 2.05) is 18.2 Å². The van der Waals surface area contributed by atoms with Gasteiger partial charge in [0.2, 0.25) is 0 Å². The zero-order chi connectivity index (χ0) is 19.6. The lowest BCUT2D eigenvalue weighted by Gasteiger charge is -2.30. The van der Waals surface area contributed by atoms with E-state index < -0.39 is 0 Å². The fourth-order valence-electron chi connectivity index (χ4n) is 4.53. The maximum absolute atomic E-state index is 4.99. The summed E-state index contributed by atoms with van der Waals surface area (Å²) in [7, 11) is 2.16. The third-order valence-electron chi connectivity index (χ3n) is 5.93. The number of aromatic nitrogens is 5. The Morgan fingerprint density at radius 1 is 1.07 bits per heavy atom. The fraction of sp³-hybridized carbons (Fsp3) is 0.409. The van der Waals surface area contributed by atoms with Gasteiger partial charge in [0.25, 0.3) is 0 Å². The molecule has 1 atom stereocenters. The molecule has 3 aromatic rings. The number of nitrogens with zero attached hydrogens (tertiary/aromatic N) is 7. The Hall–Kier alpha value is -3.09. The first-order chi connectivity index (χ1) is 14.3. The second-order valence-electron chi connectivity index (χ2n) is 7.84. The Morgan fingerprint density at radius 3 is 2.79 bits per heavy atom. The summed E-state index contributed by atoms with van der Waals surface area (Å²) in [4.78, 5) is 18.7. The molecule has 1 aliphatic heterocycles. The molecule has 0 bridgehead atoms. The van der Waals surface area contributed by atoms with Crippen molar-refractivity contribution in [3.8, 4) is 11.4 Å². The van der Waals surface area contributed by atoms with Gasteiger partial charge in [-0.25, -0.2) is 9.97 Å². The lowest BCUT2D eigenvalue weighted by Crippen LogP contribution is -2.40. The van der Waals surface area contributed by atoms with Crippen molar-refractivity contribution in [1.29, 1.82) is 0 Å². The topological polar surface area (TPSA) is 70.9 Å². The molecule has 0 amide bonds. The number of fused-ring (bicyclic) bond motifs is 1. The monoisotopic (exact) mass is 387 g/mol. The lowest BCUT2D eigenvalue weighted by molar-refractivity contribution is 0.642. The van der Waals surface area contributed by atoms with Crippen LogP contribution in [0.2, 0.25) is 0 Å². The van der Waals surface area contributed by atoms with Crippen molar-refractivity contribution in [2.45, 2.75) is 38.1 Å². The maximum Gasteiger partial charge on any atom is 0.161 e. The molecule has 0 saturated carbocycles. The predicted octanol–water partition coefficient (Wildman–Crippen LogP) is 2.92. The van der Waals surface area contributed by atoms with E-state index in [1.54, 1.807) is 18.6 Å². The first-order valence-electron chi connectivity index (χ1n) is 10.4. The van der Waals surface area contributed by atoms with Crippen molar-refractivity contribution in [2.24, 2.45) is 0 Å². The van der Waals surface area contributed by atoms with Gasteiger partial charge in [-0.15, -0.1) is 5.10 Å². The minimum absolute atomic E-state index is 0.410. The number of pyridine rings is 1. The van der Waals surface area contributed by atoms with Gasteiger partial charge < -0.3 is 9.80 Å². The smallest absolute Gasteiger partial charge is 0.161 e. The van der Waals surface area contributed by atoms with Gasteiger partial charge >= 0.3 is 0 Å². The molecule has 0 radical (unpaired) electrons. The minimum Gasteiger partial charge on any atom is -0.357 e. The number of hydrogen-bond acceptors (Lipinski definition) is 7. The second kappa shape index (κ2) is 7.73. The van der Waals surface area contributed by atoms with Gasteiger partial charge in [-0.3, -0.25) is 4.98 Å². The summed E-state index contributed by atoms with van der Waals surface area (Å²) in [6, 6.07) is 8.38. The second-order valence-corrected chi connectivity index (χ2v) is 7.84. The van der Waals surface area contributed by atoms with Crippen LogP contribution >= 0.6 is 0 Å². The number of aryl methyl sites for hydroxylation is 1. The molecule has 3 aromatic heterocycles. The summed E-state index contributed by atoms with van der Waals surface area (Å²) in [5, 5.41) is 8.39. The van der Waals surface area contributed by atoms with Crippen LogP contribution in [0.25, 0.3) is 11.4 Å². The normalized spacial score (nSPS) is 18.1. The third-order valence-corrected chi connectivity index (χ3v) is 5.93. The maximum atomic E-state index is 4.99. The first kappa shape index (κ1) is 18.0. The quantitative estimate of drug-likeness (QED) is 0.666. The molecule has 1 unspecified atom stereocenters. The number of hydrogen-bond donors (Lipinski definition) is 0. The van der Waals surface area contributed by atoms with Crippen LogP contribution in [0.1, 0.15) is 30.5 Å². The summed E-state index contributed by atoms with van der Waals surface area (Å²) in [6.45, 7) is 1.94. The number of rotatable bonds is 5. The molecule has 2 aliphatic rings. The average molecular weight is 387 g/mol. The van der Waals surface area contributed by atoms with E-state index in [0.29, 0.717) is 6.04 Å². The summed E-state index contributed by atoms with van der Waals surface area (Å²) < 4.78 is 0. The predicted molar refractivity (Wildman–Crippen MR) is 113 cm³/mol. The summed E-state index contributed by atoms with van der Waals surface area (Å²) in [6.07, 6.45) is 10.9. The van der Waals surface area contributed by atoms with E-state index in [-0.39, 0.29) is 0 Å². The molecule has 0 N–H and O–H groups in total. The Kier molecular flexibility index (Phi) is 4.79. The van der Waals surface area contributed by atoms with Crippen LogP contribution in [0.15, 0.2) is 42.9 Å². The van der Waals surface area contributed by atoms with Gasteiger partial charge in [0, 0.05) is 61.6 Å². The van der Waals surface area contributed by atoms with Gasteiger partial charge in [0.15, 0.2) is 11.6 Å². The van der Waals surface area contributed by atoms with Crippen LogP contribution < -0.4 is 9.80 Å². The third kappa shape index (κ3) is 3.52. The first-order valence-corrected chi connectivity index (χ1v) is 10.4. The van der Waals surface area contributed by atoms with Crippen molar-refractivity contribution >= 4 is 11.6 Å². The molecule has 1 saturated heterocycles. The van der Waals surface area contributed by atoms with E-state index >= 15 is 0 Å². The Morgan fingerprint density at radius 2 is 1.97 bits per heavy atom. The molecule has 4 heterocycles. The van der Waals surface area contributed by atoms with E-state index in [9.17, 15) is 0 Å². The largest absolute Gasteiger partial charge is 0.357 e. The van der Waals surface area contributed by atoms with Crippen LogP contribution in [0, 0.1) is 0 Å². The SMILES string of the molecule is CN(CC1CCCN1c1cccnn1)c1nc(-c2ccncc2)nc2c1CCC2. The molecule has 29 heavy (non-hydrogen) atoms. The summed E-state index contributed by atoms with van der Waals surface area (Å²) in [5.74, 6) is 2.84. The van der Waals surface area contributed by atoms with E-state index in [2.05, 4.69) is 38.1 Å². The van der Waals surface area contributed by atoms with Gasteiger partial charge in [-0.05, 0) is 56.4 Å². The standard InChI is InChI=1S/C22H25N7/c1-28(15-17-5-4-14-29(17)20-8-3-11-24-27-20)22-18-6-2-7-19(18)25-21(26-22)16-9-12-23-13-10-16/h3,8-13,17H,2,4-7,14-15H2,1H3. The highest BCUT2D eigenvalue weighted by Crippen LogP contribution is 2.32. The molecule has 148 valence electrons. The zero-order valence-electron chi connectivity index (χ0n) is 16.7. The van der Waals surface area contributed by atoms with E-state index in [4.69, 9.17) is 9.97 Å². The zero-order valence-corrected chi connectivity index (χ0v) is 16.7.